The summed E-state index contributed by atoms with van der Waals surface area (Å²) in [6.07, 6.45) is 0.157. The van der Waals surface area contributed by atoms with Crippen LogP contribution in [-0.4, -0.2) is 51.8 Å². The van der Waals surface area contributed by atoms with E-state index < -0.39 is 11.7 Å². The van der Waals surface area contributed by atoms with E-state index in [0.717, 1.165) is 37.8 Å². The zero-order valence-electron chi connectivity index (χ0n) is 14.9. The maximum Gasteiger partial charge on any atom is 0.421 e. The highest BCUT2D eigenvalue weighted by Gasteiger charge is 2.35. The largest absolute Gasteiger partial charge is 0.421 e. The summed E-state index contributed by atoms with van der Waals surface area (Å²) >= 11 is 0. The van der Waals surface area contributed by atoms with Crippen molar-refractivity contribution in [2.24, 2.45) is 0 Å². The summed E-state index contributed by atoms with van der Waals surface area (Å²) in [6.45, 7) is 3.87. The molecule has 0 bridgehead atoms. The second-order valence-electron chi connectivity index (χ2n) is 6.47. The van der Waals surface area contributed by atoms with Crippen LogP contribution in [-0.2, 0) is 6.18 Å². The molecule has 2 aromatic rings. The molecule has 0 aliphatic carbocycles. The van der Waals surface area contributed by atoms with Gasteiger partial charge in [-0.3, -0.25) is 4.68 Å². The fraction of sp³-hybridized carbons (Fsp3) is 0.562. The molecule has 10 heteroatoms. The van der Waals surface area contributed by atoms with Crippen molar-refractivity contribution in [1.82, 2.24) is 24.6 Å². The fourth-order valence-corrected chi connectivity index (χ4v) is 3.01. The molecule has 0 amide bonds. The van der Waals surface area contributed by atoms with E-state index >= 15 is 0 Å². The van der Waals surface area contributed by atoms with Crippen molar-refractivity contribution < 1.29 is 13.2 Å². The number of nitrogens with zero attached hydrogens (tertiary/aromatic N) is 5. The molecule has 0 spiro atoms. The Labute approximate surface area is 149 Å². The molecule has 0 aromatic carbocycles. The Kier molecular flexibility index (Phi) is 5.03. The van der Waals surface area contributed by atoms with E-state index in [1.807, 2.05) is 17.8 Å². The Balaban J connectivity index is 1.79. The fourth-order valence-electron chi connectivity index (χ4n) is 3.01. The minimum atomic E-state index is -4.51. The van der Waals surface area contributed by atoms with Crippen LogP contribution in [0.2, 0.25) is 0 Å². The van der Waals surface area contributed by atoms with E-state index in [0.29, 0.717) is 11.7 Å². The summed E-state index contributed by atoms with van der Waals surface area (Å²) < 4.78 is 40.7. The third-order valence-corrected chi connectivity index (χ3v) is 4.56. The van der Waals surface area contributed by atoms with Gasteiger partial charge in [-0.05, 0) is 39.9 Å². The zero-order valence-corrected chi connectivity index (χ0v) is 14.9. The number of nitrogens with one attached hydrogen (secondary N) is 2. The first-order valence-electron chi connectivity index (χ1n) is 8.41. The van der Waals surface area contributed by atoms with Crippen molar-refractivity contribution >= 4 is 17.5 Å². The predicted molar refractivity (Wildman–Crippen MR) is 92.6 cm³/mol. The number of rotatable bonds is 4. The molecule has 3 rings (SSSR count). The molecule has 7 nitrogen and oxygen atoms in total. The minimum absolute atomic E-state index is 0.0911. The average Bonchev–Trinajstić information content (AvgIpc) is 2.95. The quantitative estimate of drug-likeness (QED) is 0.863. The van der Waals surface area contributed by atoms with Crippen LogP contribution in [0.5, 0.6) is 0 Å². The summed E-state index contributed by atoms with van der Waals surface area (Å²) in [5.41, 5.74) is 0.536. The van der Waals surface area contributed by atoms with Gasteiger partial charge in [-0.1, -0.05) is 0 Å². The normalized spacial score (nSPS) is 16.7. The number of alkyl halides is 3. The van der Waals surface area contributed by atoms with Crippen molar-refractivity contribution in [3.8, 4) is 0 Å². The Morgan fingerprint density at radius 1 is 1.23 bits per heavy atom. The third-order valence-electron chi connectivity index (χ3n) is 4.56. The molecule has 2 aromatic heterocycles. The highest BCUT2D eigenvalue weighted by Crippen LogP contribution is 2.34. The average molecular weight is 369 g/mol. The van der Waals surface area contributed by atoms with Crippen molar-refractivity contribution in [3.63, 3.8) is 0 Å². The molecule has 142 valence electrons. The lowest BCUT2D eigenvalue weighted by molar-refractivity contribution is -0.137. The lowest BCUT2D eigenvalue weighted by atomic mass is 10.1. The SMILES string of the molecule is CNc1nc(Nc2cn(C3CCN(C)CC3)nc2C)ncc1C(F)(F)F. The van der Waals surface area contributed by atoms with Crippen molar-refractivity contribution in [1.29, 1.82) is 0 Å². The molecular weight excluding hydrogens is 347 g/mol. The molecule has 26 heavy (non-hydrogen) atoms. The van der Waals surface area contributed by atoms with Gasteiger partial charge in [0.05, 0.1) is 17.4 Å². The number of hydrogen-bond donors (Lipinski definition) is 2. The van der Waals surface area contributed by atoms with E-state index in [1.165, 1.54) is 7.05 Å². The summed E-state index contributed by atoms with van der Waals surface area (Å²) in [4.78, 5) is 10.0. The van der Waals surface area contributed by atoms with Gasteiger partial charge < -0.3 is 15.5 Å². The summed E-state index contributed by atoms with van der Waals surface area (Å²) in [6, 6.07) is 0.321. The molecule has 0 saturated carbocycles. The van der Waals surface area contributed by atoms with Crippen LogP contribution < -0.4 is 10.6 Å². The van der Waals surface area contributed by atoms with Gasteiger partial charge in [0.15, 0.2) is 0 Å². The highest BCUT2D eigenvalue weighted by atomic mass is 19.4. The molecule has 0 radical (unpaired) electrons. The van der Waals surface area contributed by atoms with Gasteiger partial charge in [0.25, 0.3) is 0 Å². The molecule has 3 heterocycles. The maximum absolute atomic E-state index is 12.9. The number of hydrogen-bond acceptors (Lipinski definition) is 6. The first kappa shape index (κ1) is 18.4. The summed E-state index contributed by atoms with van der Waals surface area (Å²) in [5.74, 6) is -0.177. The van der Waals surface area contributed by atoms with Gasteiger partial charge >= 0.3 is 6.18 Å². The molecule has 1 aliphatic rings. The molecule has 1 saturated heterocycles. The number of piperidine rings is 1. The van der Waals surface area contributed by atoms with E-state index in [9.17, 15) is 13.2 Å². The molecular formula is C16H22F3N7. The van der Waals surface area contributed by atoms with Crippen LogP contribution in [0.15, 0.2) is 12.4 Å². The third kappa shape index (κ3) is 3.90. The second-order valence-corrected chi connectivity index (χ2v) is 6.47. The van der Waals surface area contributed by atoms with Crippen LogP contribution in [0.3, 0.4) is 0 Å². The number of aryl methyl sites for hydroxylation is 1. The van der Waals surface area contributed by atoms with Crippen molar-refractivity contribution in [2.45, 2.75) is 32.0 Å². The summed E-state index contributed by atoms with van der Waals surface area (Å²) in [5, 5.41) is 9.98. The van der Waals surface area contributed by atoms with Crippen LogP contribution in [0.1, 0.15) is 30.1 Å². The molecule has 1 fully saturated rings. The number of likely N-dealkylation sites (tertiary alicyclic amines) is 1. The Hall–Kier alpha value is -2.36. The van der Waals surface area contributed by atoms with Crippen LogP contribution in [0.4, 0.5) is 30.6 Å². The van der Waals surface area contributed by atoms with Gasteiger partial charge in [0.1, 0.15) is 11.4 Å². The molecule has 2 N–H and O–H groups in total. The first-order valence-corrected chi connectivity index (χ1v) is 8.41. The van der Waals surface area contributed by atoms with Crippen molar-refractivity contribution in [3.05, 3.63) is 23.7 Å². The van der Waals surface area contributed by atoms with Crippen LogP contribution >= 0.6 is 0 Å². The second kappa shape index (κ2) is 7.10. The van der Waals surface area contributed by atoms with Crippen LogP contribution in [0.25, 0.3) is 0 Å². The van der Waals surface area contributed by atoms with Gasteiger partial charge in [-0.15, -0.1) is 0 Å². The van der Waals surface area contributed by atoms with Crippen molar-refractivity contribution in [2.75, 3.05) is 37.8 Å². The van der Waals surface area contributed by atoms with Gasteiger partial charge in [0, 0.05) is 19.4 Å². The van der Waals surface area contributed by atoms with E-state index in [1.54, 1.807) is 0 Å². The number of aromatic nitrogens is 4. The Morgan fingerprint density at radius 2 is 1.92 bits per heavy atom. The standard InChI is InChI=1S/C16H22F3N7/c1-10-13(9-26(24-10)11-4-6-25(3)7-5-11)22-15-21-8-12(16(17,18)19)14(20-2)23-15/h8-9,11H,4-7H2,1-3H3,(H2,20,21,22,23). The van der Waals surface area contributed by atoms with Gasteiger partial charge in [-0.25, -0.2) is 4.98 Å². The van der Waals surface area contributed by atoms with Gasteiger partial charge in [0.2, 0.25) is 5.95 Å². The molecule has 1 aliphatic heterocycles. The molecule has 0 atom stereocenters. The van der Waals surface area contributed by atoms with Crippen LogP contribution in [0, 0.1) is 6.92 Å². The highest BCUT2D eigenvalue weighted by molar-refractivity contribution is 5.57. The lowest BCUT2D eigenvalue weighted by Gasteiger charge is -2.28. The monoisotopic (exact) mass is 369 g/mol. The minimum Gasteiger partial charge on any atom is -0.372 e. The number of anilines is 3. The van der Waals surface area contributed by atoms with E-state index in [-0.39, 0.29) is 11.8 Å². The predicted octanol–water partition coefficient (Wildman–Crippen LogP) is 3.05. The van der Waals surface area contributed by atoms with E-state index in [2.05, 4.69) is 37.6 Å². The van der Waals surface area contributed by atoms with E-state index in [4.69, 9.17) is 0 Å². The number of halogens is 3. The Morgan fingerprint density at radius 3 is 2.54 bits per heavy atom. The Bertz CT molecular complexity index is 764. The lowest BCUT2D eigenvalue weighted by Crippen LogP contribution is -2.31. The van der Waals surface area contributed by atoms with Gasteiger partial charge in [-0.2, -0.15) is 23.3 Å². The zero-order chi connectivity index (χ0) is 18.9. The smallest absolute Gasteiger partial charge is 0.372 e. The maximum atomic E-state index is 12.9. The molecule has 0 unspecified atom stereocenters. The topological polar surface area (TPSA) is 70.9 Å². The first-order chi connectivity index (χ1) is 12.3. The summed E-state index contributed by atoms with van der Waals surface area (Å²) in [7, 11) is 3.49.